The molecule has 33 heavy (non-hydrogen) atoms. The number of rotatable bonds is 5. The zero-order valence-electron chi connectivity index (χ0n) is 17.8. The van der Waals surface area contributed by atoms with E-state index in [9.17, 15) is 14.4 Å². The topological polar surface area (TPSA) is 92.0 Å². The van der Waals surface area contributed by atoms with Crippen LogP contribution in [0, 0.1) is 0 Å². The largest absolute Gasteiger partial charge is 0.457 e. The second-order valence-electron chi connectivity index (χ2n) is 7.70. The maximum atomic E-state index is 12.6. The molecular weight excluding hydrogens is 448 g/mol. The zero-order valence-corrected chi connectivity index (χ0v) is 18.5. The van der Waals surface area contributed by atoms with E-state index < -0.39 is 23.7 Å². The Labute approximate surface area is 194 Å². The molecule has 3 aromatic rings. The molecule has 8 heteroatoms. The molecule has 2 aromatic carbocycles. The molecule has 168 valence electrons. The molecule has 1 fully saturated rings. The predicted molar refractivity (Wildman–Crippen MR) is 119 cm³/mol. The summed E-state index contributed by atoms with van der Waals surface area (Å²) in [6.07, 6.45) is 1.24. The monoisotopic (exact) mass is 466 g/mol. The lowest BCUT2D eigenvalue weighted by Gasteiger charge is -2.29. The molecule has 0 radical (unpaired) electrons. The Morgan fingerprint density at radius 2 is 1.70 bits per heavy atom. The Morgan fingerprint density at radius 1 is 1.00 bits per heavy atom. The molecule has 0 N–H and O–H groups in total. The summed E-state index contributed by atoms with van der Waals surface area (Å²) in [5.74, 6) is -2.87. The molecule has 0 atom stereocenters. The van der Waals surface area contributed by atoms with E-state index in [4.69, 9.17) is 30.2 Å². The van der Waals surface area contributed by atoms with E-state index >= 15 is 0 Å². The van der Waals surface area contributed by atoms with Gasteiger partial charge in [-0.3, -0.25) is 0 Å². The van der Waals surface area contributed by atoms with Gasteiger partial charge in [0.1, 0.15) is 23.7 Å². The van der Waals surface area contributed by atoms with Gasteiger partial charge in [0, 0.05) is 25.5 Å². The number of halogens is 1. The molecule has 2 heterocycles. The second-order valence-corrected chi connectivity index (χ2v) is 8.10. The number of carbonyl (C=O) groups is 3. The van der Waals surface area contributed by atoms with Gasteiger partial charge in [0.25, 0.3) is 5.79 Å². The highest BCUT2D eigenvalue weighted by atomic mass is 35.5. The van der Waals surface area contributed by atoms with Crippen molar-refractivity contribution in [3.8, 4) is 11.3 Å². The first-order valence-corrected chi connectivity index (χ1v) is 10.4. The molecule has 1 aliphatic rings. The van der Waals surface area contributed by atoms with E-state index in [1.165, 1.54) is 19.9 Å². The quantitative estimate of drug-likeness (QED) is 0.290. The maximum Gasteiger partial charge on any atom is 0.348 e. The first-order chi connectivity index (χ1) is 15.7. The van der Waals surface area contributed by atoms with Crippen molar-refractivity contribution < 1.29 is 33.0 Å². The summed E-state index contributed by atoms with van der Waals surface area (Å²) in [6, 6.07) is 17.3. The smallest absolute Gasteiger partial charge is 0.348 e. The van der Waals surface area contributed by atoms with Crippen LogP contribution in [0.4, 0.5) is 0 Å². The number of benzene rings is 2. The minimum atomic E-state index is -1.32. The summed E-state index contributed by atoms with van der Waals surface area (Å²) < 4.78 is 21.2. The Balaban J connectivity index is 1.53. The van der Waals surface area contributed by atoms with Crippen LogP contribution in [0.15, 0.2) is 70.7 Å². The molecule has 0 spiro atoms. The van der Waals surface area contributed by atoms with E-state index in [-0.39, 0.29) is 28.5 Å². The average molecular weight is 467 g/mol. The number of carbonyl (C=O) groups excluding carboxylic acids is 3. The van der Waals surface area contributed by atoms with Gasteiger partial charge in [0.15, 0.2) is 0 Å². The third-order valence-corrected chi connectivity index (χ3v) is 5.04. The standard InChI is InChI=1S/C25H19ClO7/c1-25(2)32-23(28)19(24(29)33-25)13-17-9-11-21(31-17)16-8-10-20(26)18(12-16)22(27)30-14-15-6-4-3-5-7-15/h3-13H,14H2,1-2H3. The van der Waals surface area contributed by atoms with Crippen molar-refractivity contribution in [3.05, 3.63) is 88.1 Å². The van der Waals surface area contributed by atoms with Crippen LogP contribution in [0.2, 0.25) is 5.02 Å². The molecule has 7 nitrogen and oxygen atoms in total. The number of cyclic esters (lactones) is 2. The molecule has 4 rings (SSSR count). The Kier molecular flexibility index (Phi) is 6.07. The van der Waals surface area contributed by atoms with Gasteiger partial charge < -0.3 is 18.6 Å². The van der Waals surface area contributed by atoms with Crippen LogP contribution in [0.1, 0.15) is 35.5 Å². The van der Waals surface area contributed by atoms with Crippen molar-refractivity contribution in [3.63, 3.8) is 0 Å². The van der Waals surface area contributed by atoms with Crippen LogP contribution >= 0.6 is 11.6 Å². The van der Waals surface area contributed by atoms with E-state index in [2.05, 4.69) is 0 Å². The first kappa shape index (κ1) is 22.4. The van der Waals surface area contributed by atoms with E-state index in [0.29, 0.717) is 11.3 Å². The van der Waals surface area contributed by atoms with Crippen LogP contribution in [-0.2, 0) is 30.4 Å². The van der Waals surface area contributed by atoms with E-state index in [1.807, 2.05) is 30.3 Å². The summed E-state index contributed by atoms with van der Waals surface area (Å²) in [5, 5.41) is 0.237. The van der Waals surface area contributed by atoms with Crippen molar-refractivity contribution >= 4 is 35.6 Å². The fourth-order valence-electron chi connectivity index (χ4n) is 3.14. The van der Waals surface area contributed by atoms with Gasteiger partial charge in [-0.15, -0.1) is 0 Å². The third-order valence-electron chi connectivity index (χ3n) is 4.71. The number of ether oxygens (including phenoxy) is 3. The molecule has 0 saturated carbocycles. The molecular formula is C25H19ClO7. The molecule has 1 aliphatic heterocycles. The van der Waals surface area contributed by atoms with Gasteiger partial charge in [-0.1, -0.05) is 41.9 Å². The SMILES string of the molecule is CC1(C)OC(=O)C(=Cc2ccc(-c3ccc(Cl)c(C(=O)OCc4ccccc4)c3)o2)C(=O)O1. The second kappa shape index (κ2) is 8.96. The number of esters is 3. The molecule has 0 unspecified atom stereocenters. The van der Waals surface area contributed by atoms with Crippen molar-refractivity contribution in [2.75, 3.05) is 0 Å². The van der Waals surface area contributed by atoms with Gasteiger partial charge >= 0.3 is 17.9 Å². The Hall–Kier alpha value is -3.84. The van der Waals surface area contributed by atoms with Crippen molar-refractivity contribution in [2.24, 2.45) is 0 Å². The summed E-state index contributed by atoms with van der Waals surface area (Å²) in [6.45, 7) is 3.04. The van der Waals surface area contributed by atoms with Crippen LogP contribution in [0.25, 0.3) is 17.4 Å². The average Bonchev–Trinajstić information content (AvgIpc) is 3.24. The Morgan fingerprint density at radius 3 is 2.39 bits per heavy atom. The molecule has 0 bridgehead atoms. The van der Waals surface area contributed by atoms with Crippen molar-refractivity contribution in [2.45, 2.75) is 26.2 Å². The highest BCUT2D eigenvalue weighted by Crippen LogP contribution is 2.29. The first-order valence-electron chi connectivity index (χ1n) is 10.0. The Bertz CT molecular complexity index is 1230. The summed E-state index contributed by atoms with van der Waals surface area (Å²) in [7, 11) is 0. The number of hydrogen-bond donors (Lipinski definition) is 0. The molecule has 1 saturated heterocycles. The fraction of sp³-hybridized carbons (Fsp3) is 0.160. The summed E-state index contributed by atoms with van der Waals surface area (Å²) >= 11 is 6.21. The van der Waals surface area contributed by atoms with E-state index in [0.717, 1.165) is 5.56 Å². The predicted octanol–water partition coefficient (Wildman–Crippen LogP) is 5.18. The minimum Gasteiger partial charge on any atom is -0.457 e. The van der Waals surface area contributed by atoms with Gasteiger partial charge in [0.2, 0.25) is 0 Å². The zero-order chi connectivity index (χ0) is 23.6. The minimum absolute atomic E-state index is 0.113. The van der Waals surface area contributed by atoms with Gasteiger partial charge in [0.05, 0.1) is 10.6 Å². The number of furan rings is 1. The lowest BCUT2D eigenvalue weighted by Crippen LogP contribution is -2.41. The molecule has 0 aliphatic carbocycles. The molecule has 0 amide bonds. The van der Waals surface area contributed by atoms with E-state index in [1.54, 1.807) is 30.3 Å². The summed E-state index contributed by atoms with van der Waals surface area (Å²) in [4.78, 5) is 36.8. The lowest BCUT2D eigenvalue weighted by molar-refractivity contribution is -0.222. The highest BCUT2D eigenvalue weighted by Gasteiger charge is 2.39. The van der Waals surface area contributed by atoms with Crippen LogP contribution in [0.3, 0.4) is 0 Å². The maximum absolute atomic E-state index is 12.6. The summed E-state index contributed by atoms with van der Waals surface area (Å²) in [5.41, 5.74) is 1.32. The highest BCUT2D eigenvalue weighted by molar-refractivity contribution is 6.33. The van der Waals surface area contributed by atoms with Crippen LogP contribution < -0.4 is 0 Å². The third kappa shape index (κ3) is 5.15. The lowest BCUT2D eigenvalue weighted by atomic mass is 10.1. The van der Waals surface area contributed by atoms with Gasteiger partial charge in [-0.25, -0.2) is 14.4 Å². The van der Waals surface area contributed by atoms with Crippen LogP contribution in [-0.4, -0.2) is 23.7 Å². The van der Waals surface area contributed by atoms with Gasteiger partial charge in [-0.2, -0.15) is 0 Å². The number of hydrogen-bond acceptors (Lipinski definition) is 7. The van der Waals surface area contributed by atoms with Crippen molar-refractivity contribution in [1.82, 2.24) is 0 Å². The van der Waals surface area contributed by atoms with Crippen LogP contribution in [0.5, 0.6) is 0 Å². The van der Waals surface area contributed by atoms with Gasteiger partial charge in [-0.05, 0) is 35.9 Å². The molecule has 1 aromatic heterocycles. The van der Waals surface area contributed by atoms with Crippen molar-refractivity contribution in [1.29, 1.82) is 0 Å². The normalized spacial score (nSPS) is 14.9. The fourth-order valence-corrected chi connectivity index (χ4v) is 3.34.